The molecule has 1 fully saturated rings. The second-order valence-corrected chi connectivity index (χ2v) is 5.91. The number of ether oxygens (including phenoxy) is 1. The maximum Gasteiger partial charge on any atom is 0.480 e. The van der Waals surface area contributed by atoms with Gasteiger partial charge in [-0.25, -0.2) is 0 Å². The number of carboxylic acid groups (broad SMARTS) is 1. The molecule has 11 heteroatoms. The fourth-order valence-corrected chi connectivity index (χ4v) is 2.80. The second-order valence-electron chi connectivity index (χ2n) is 4.96. The van der Waals surface area contributed by atoms with Gasteiger partial charge in [0.25, 0.3) is 5.91 Å². The molecular formula is C13H17BN2O7S. The van der Waals surface area contributed by atoms with E-state index >= 15 is 0 Å². The van der Waals surface area contributed by atoms with Crippen molar-refractivity contribution < 1.29 is 33.9 Å². The summed E-state index contributed by atoms with van der Waals surface area (Å²) in [6, 6.07) is 3.48. The van der Waals surface area contributed by atoms with Gasteiger partial charge in [-0.2, -0.15) is 0 Å². The van der Waals surface area contributed by atoms with Gasteiger partial charge >= 0.3 is 13.1 Å². The van der Waals surface area contributed by atoms with Crippen molar-refractivity contribution in [2.24, 2.45) is 5.16 Å². The first-order valence-corrected chi connectivity index (χ1v) is 7.98. The molecule has 0 bridgehead atoms. The maximum absolute atomic E-state index is 12.4. The molecule has 0 aromatic carbocycles. The molecule has 24 heavy (non-hydrogen) atoms. The van der Waals surface area contributed by atoms with E-state index in [-0.39, 0.29) is 25.3 Å². The van der Waals surface area contributed by atoms with Crippen LogP contribution in [0.15, 0.2) is 22.7 Å². The second kappa shape index (κ2) is 8.78. The summed E-state index contributed by atoms with van der Waals surface area (Å²) in [5.74, 6) is -2.49. The molecular weight excluding hydrogens is 339 g/mol. The Morgan fingerprint density at radius 2 is 2.33 bits per heavy atom. The van der Waals surface area contributed by atoms with Crippen molar-refractivity contribution in [3.8, 4) is 0 Å². The zero-order valence-electron chi connectivity index (χ0n) is 12.9. The van der Waals surface area contributed by atoms with Gasteiger partial charge in [-0.3, -0.25) is 9.59 Å². The highest BCUT2D eigenvalue weighted by Crippen LogP contribution is 2.12. The summed E-state index contributed by atoms with van der Waals surface area (Å²) >= 11 is 1.31. The molecule has 1 aliphatic rings. The first-order valence-electron chi connectivity index (χ1n) is 7.10. The van der Waals surface area contributed by atoms with Crippen molar-refractivity contribution >= 4 is 36.0 Å². The zero-order valence-corrected chi connectivity index (χ0v) is 13.7. The average molecular weight is 356 g/mol. The fourth-order valence-electron chi connectivity index (χ4n) is 2.09. The molecule has 2 rings (SSSR count). The van der Waals surface area contributed by atoms with Crippen LogP contribution in [0.25, 0.3) is 0 Å². The Bertz CT molecular complexity index is 595. The standard InChI is InChI=1S/C13H17BN2O7S/c1-21-16-12(9-3-2-4-24-9)13(19)15-10-7-22-6-8(5-11(17)18)23-14(10)20/h2-4,8,10,20H,5-7H2,1H3,(H,15,19)(H,17,18)/b16-12-/t8-,10-/m0/s1. The van der Waals surface area contributed by atoms with Crippen LogP contribution < -0.4 is 5.32 Å². The number of nitrogens with one attached hydrogen (secondary N) is 1. The maximum atomic E-state index is 12.4. The smallest absolute Gasteiger partial charge is 0.480 e. The molecule has 0 saturated carbocycles. The number of aliphatic carboxylic acids is 1. The van der Waals surface area contributed by atoms with E-state index in [9.17, 15) is 14.6 Å². The van der Waals surface area contributed by atoms with E-state index in [1.807, 2.05) is 0 Å². The molecule has 2 heterocycles. The lowest BCUT2D eigenvalue weighted by Gasteiger charge is -2.18. The van der Waals surface area contributed by atoms with Gasteiger partial charge in [-0.05, 0) is 11.4 Å². The summed E-state index contributed by atoms with van der Waals surface area (Å²) in [6.45, 7) is -0.00655. The van der Waals surface area contributed by atoms with E-state index in [4.69, 9.17) is 19.3 Å². The molecule has 3 N–H and O–H groups in total. The minimum Gasteiger partial charge on any atom is -0.481 e. The summed E-state index contributed by atoms with van der Waals surface area (Å²) in [6.07, 6.45) is -1.09. The Hall–Kier alpha value is -1.95. The van der Waals surface area contributed by atoms with E-state index in [0.717, 1.165) is 0 Å². The van der Waals surface area contributed by atoms with Gasteiger partial charge in [0.15, 0.2) is 5.71 Å². The van der Waals surface area contributed by atoms with Crippen LogP contribution in [0, 0.1) is 0 Å². The van der Waals surface area contributed by atoms with Crippen LogP contribution >= 0.6 is 11.3 Å². The van der Waals surface area contributed by atoms with Gasteiger partial charge < -0.3 is 29.7 Å². The minimum atomic E-state index is -1.40. The number of oxime groups is 1. The van der Waals surface area contributed by atoms with Gasteiger partial charge in [0.2, 0.25) is 0 Å². The van der Waals surface area contributed by atoms with Crippen molar-refractivity contribution in [2.45, 2.75) is 18.5 Å². The van der Waals surface area contributed by atoms with Gasteiger partial charge in [0, 0.05) is 0 Å². The van der Waals surface area contributed by atoms with E-state index in [1.165, 1.54) is 18.4 Å². The summed E-state index contributed by atoms with van der Waals surface area (Å²) in [4.78, 5) is 28.4. The molecule has 1 aliphatic heterocycles. The quantitative estimate of drug-likeness (QED) is 0.356. The van der Waals surface area contributed by atoms with Crippen LogP contribution in [0.1, 0.15) is 11.3 Å². The van der Waals surface area contributed by atoms with Gasteiger partial charge in [-0.1, -0.05) is 11.2 Å². The molecule has 1 aromatic rings. The number of thiophene rings is 1. The third kappa shape index (κ3) is 5.03. The number of hydrogen-bond donors (Lipinski definition) is 3. The molecule has 130 valence electrons. The monoisotopic (exact) mass is 356 g/mol. The zero-order chi connectivity index (χ0) is 17.5. The molecule has 1 saturated heterocycles. The summed E-state index contributed by atoms with van der Waals surface area (Å²) < 4.78 is 10.5. The molecule has 2 atom stereocenters. The van der Waals surface area contributed by atoms with E-state index < -0.39 is 31.0 Å². The van der Waals surface area contributed by atoms with Crippen LogP contribution in [-0.4, -0.2) is 67.2 Å². The summed E-state index contributed by atoms with van der Waals surface area (Å²) in [5.41, 5.74) is 0.0611. The molecule has 0 radical (unpaired) electrons. The Balaban J connectivity index is 2.02. The lowest BCUT2D eigenvalue weighted by Crippen LogP contribution is -2.52. The molecule has 0 spiro atoms. The third-order valence-electron chi connectivity index (χ3n) is 3.15. The predicted molar refractivity (Wildman–Crippen MR) is 85.7 cm³/mol. The highest BCUT2D eigenvalue weighted by Gasteiger charge is 2.36. The number of rotatable bonds is 6. The number of carbonyl (C=O) groups is 2. The molecule has 1 aromatic heterocycles. The minimum absolute atomic E-state index is 0.0136. The van der Waals surface area contributed by atoms with Crippen molar-refractivity contribution in [1.29, 1.82) is 0 Å². The first-order chi connectivity index (χ1) is 11.5. The highest BCUT2D eigenvalue weighted by atomic mass is 32.1. The summed E-state index contributed by atoms with van der Waals surface area (Å²) in [7, 11) is -0.0719. The third-order valence-corrected chi connectivity index (χ3v) is 4.02. The number of carbonyl (C=O) groups excluding carboxylic acids is 1. The number of hydrogen-bond acceptors (Lipinski definition) is 8. The van der Waals surface area contributed by atoms with Gasteiger partial charge in [0.1, 0.15) is 7.11 Å². The molecule has 9 nitrogen and oxygen atoms in total. The average Bonchev–Trinajstić information content (AvgIpc) is 2.98. The number of amides is 1. The van der Waals surface area contributed by atoms with Gasteiger partial charge in [0.05, 0.1) is 36.6 Å². The SMILES string of the molecule is CO/N=C(\C(=O)N[C@H]1COC[C@H](CC(=O)O)OB1O)c1cccs1. The Kier molecular flexibility index (Phi) is 6.73. The number of nitrogens with zero attached hydrogens (tertiary/aromatic N) is 1. The molecule has 1 amide bonds. The topological polar surface area (TPSA) is 127 Å². The molecule has 0 aliphatic carbocycles. The van der Waals surface area contributed by atoms with Crippen LogP contribution in [0.5, 0.6) is 0 Å². The Labute approximate surface area is 142 Å². The molecule has 0 unspecified atom stereocenters. The number of carboxylic acids is 1. The van der Waals surface area contributed by atoms with Gasteiger partial charge in [-0.15, -0.1) is 11.3 Å². The normalized spacial score (nSPS) is 21.9. The van der Waals surface area contributed by atoms with E-state index in [2.05, 4.69) is 10.5 Å². The Morgan fingerprint density at radius 1 is 1.54 bits per heavy atom. The fraction of sp³-hybridized carbons (Fsp3) is 0.462. The highest BCUT2D eigenvalue weighted by molar-refractivity contribution is 7.13. The van der Waals surface area contributed by atoms with Crippen LogP contribution in [0.2, 0.25) is 0 Å². The van der Waals surface area contributed by atoms with Crippen molar-refractivity contribution in [2.75, 3.05) is 20.3 Å². The lowest BCUT2D eigenvalue weighted by molar-refractivity contribution is -0.139. The van der Waals surface area contributed by atoms with Crippen molar-refractivity contribution in [3.63, 3.8) is 0 Å². The van der Waals surface area contributed by atoms with E-state index in [0.29, 0.717) is 4.88 Å². The lowest BCUT2D eigenvalue weighted by atomic mass is 9.79. The van der Waals surface area contributed by atoms with E-state index in [1.54, 1.807) is 17.5 Å². The first kappa shape index (κ1) is 18.4. The van der Waals surface area contributed by atoms with Crippen LogP contribution in [0.4, 0.5) is 0 Å². The van der Waals surface area contributed by atoms with Crippen LogP contribution in [0.3, 0.4) is 0 Å². The summed E-state index contributed by atoms with van der Waals surface area (Å²) in [5, 5.41) is 26.9. The predicted octanol–water partition coefficient (Wildman–Crippen LogP) is -0.507. The largest absolute Gasteiger partial charge is 0.481 e. The van der Waals surface area contributed by atoms with Crippen molar-refractivity contribution in [1.82, 2.24) is 5.32 Å². The Morgan fingerprint density at radius 3 is 2.96 bits per heavy atom. The van der Waals surface area contributed by atoms with Crippen molar-refractivity contribution in [3.05, 3.63) is 22.4 Å². The van der Waals surface area contributed by atoms with Crippen LogP contribution in [-0.2, 0) is 23.8 Å².